The fraction of sp³-hybridized carbons (Fsp3) is 0.222. The first kappa shape index (κ1) is 19.4. The predicted octanol–water partition coefficient (Wildman–Crippen LogP) is 5.88. The number of carbonyl (C=O) groups is 1. The number of aryl methyl sites for hydroxylation is 3. The molecule has 0 atom stereocenters. The molecule has 2 heterocycles. The van der Waals surface area contributed by atoms with Crippen molar-refractivity contribution in [1.82, 2.24) is 4.57 Å². The first-order valence-corrected chi connectivity index (χ1v) is 10.8. The molecule has 3 aromatic carbocycles. The molecule has 1 aliphatic rings. The van der Waals surface area contributed by atoms with E-state index in [-0.39, 0.29) is 5.91 Å². The summed E-state index contributed by atoms with van der Waals surface area (Å²) in [5.74, 6) is -0.103. The van der Waals surface area contributed by atoms with Crippen molar-refractivity contribution in [3.8, 4) is 5.69 Å². The van der Waals surface area contributed by atoms with Crippen LogP contribution in [0.25, 0.3) is 16.6 Å². The molecule has 1 amide bonds. The zero-order valence-electron chi connectivity index (χ0n) is 18.3. The summed E-state index contributed by atoms with van der Waals surface area (Å²) in [6.07, 6.45) is 2.26. The van der Waals surface area contributed by atoms with Gasteiger partial charge in [-0.15, -0.1) is 0 Å². The maximum atomic E-state index is 13.5. The van der Waals surface area contributed by atoms with Crippen molar-refractivity contribution in [2.75, 3.05) is 23.8 Å². The number of nitrogens with zero attached hydrogens (tertiary/aromatic N) is 2. The Morgan fingerprint density at radius 3 is 2.52 bits per heavy atom. The molecule has 0 saturated heterocycles. The van der Waals surface area contributed by atoms with Crippen LogP contribution in [0.4, 0.5) is 11.4 Å². The number of amides is 1. The van der Waals surface area contributed by atoms with Crippen molar-refractivity contribution in [3.63, 3.8) is 0 Å². The Balaban J connectivity index is 1.57. The highest BCUT2D eigenvalue weighted by atomic mass is 16.1. The van der Waals surface area contributed by atoms with Crippen LogP contribution in [0.15, 0.2) is 66.7 Å². The van der Waals surface area contributed by atoms with E-state index in [0.717, 1.165) is 35.2 Å². The van der Waals surface area contributed by atoms with Crippen molar-refractivity contribution < 1.29 is 4.79 Å². The van der Waals surface area contributed by atoms with Crippen molar-refractivity contribution in [1.29, 1.82) is 0 Å². The number of para-hydroxylation sites is 1. The van der Waals surface area contributed by atoms with Crippen molar-refractivity contribution in [2.45, 2.75) is 26.7 Å². The van der Waals surface area contributed by atoms with Crippen LogP contribution < -0.4 is 10.2 Å². The molecular formula is C27H27N3O. The molecule has 4 nitrogen and oxygen atoms in total. The number of carbonyl (C=O) groups excluding carboxylic acids is 1. The SMILES string of the molecule is Cc1cc(C)cc(-n2c(C(=O)Nc3ccc4c(c3)N(C)CCC4)cc3ccccc32)c1. The lowest BCUT2D eigenvalue weighted by atomic mass is 10.0. The van der Waals surface area contributed by atoms with Gasteiger partial charge in [-0.05, 0) is 79.8 Å². The molecule has 4 aromatic rings. The third kappa shape index (κ3) is 3.59. The minimum atomic E-state index is -0.103. The monoisotopic (exact) mass is 409 g/mol. The maximum absolute atomic E-state index is 13.5. The first-order valence-electron chi connectivity index (χ1n) is 10.8. The van der Waals surface area contributed by atoms with Gasteiger partial charge in [0.2, 0.25) is 0 Å². The normalized spacial score (nSPS) is 13.3. The first-order chi connectivity index (χ1) is 15.0. The molecule has 1 aromatic heterocycles. The van der Waals surface area contributed by atoms with Gasteiger partial charge in [-0.25, -0.2) is 0 Å². The van der Waals surface area contributed by atoms with Gasteiger partial charge in [-0.2, -0.15) is 0 Å². The van der Waals surface area contributed by atoms with E-state index in [4.69, 9.17) is 0 Å². The summed E-state index contributed by atoms with van der Waals surface area (Å²) in [7, 11) is 2.11. The summed E-state index contributed by atoms with van der Waals surface area (Å²) in [5, 5.41) is 4.20. The van der Waals surface area contributed by atoms with Crippen LogP contribution >= 0.6 is 0 Å². The Kier molecular flexibility index (Phi) is 4.78. The second-order valence-electron chi connectivity index (χ2n) is 8.59. The molecule has 0 spiro atoms. The maximum Gasteiger partial charge on any atom is 0.272 e. The van der Waals surface area contributed by atoms with Crippen molar-refractivity contribution >= 4 is 28.2 Å². The van der Waals surface area contributed by atoms with Crippen LogP contribution in [0, 0.1) is 13.8 Å². The van der Waals surface area contributed by atoms with E-state index in [9.17, 15) is 4.79 Å². The minimum Gasteiger partial charge on any atom is -0.374 e. The number of benzene rings is 3. The average Bonchev–Trinajstić information content (AvgIpc) is 3.13. The number of hydrogen-bond donors (Lipinski definition) is 1. The molecule has 0 bridgehead atoms. The highest BCUT2D eigenvalue weighted by molar-refractivity contribution is 6.07. The van der Waals surface area contributed by atoms with E-state index < -0.39 is 0 Å². The van der Waals surface area contributed by atoms with Crippen LogP contribution in [0.2, 0.25) is 0 Å². The van der Waals surface area contributed by atoms with Crippen LogP contribution in [0.5, 0.6) is 0 Å². The van der Waals surface area contributed by atoms with Crippen LogP contribution in [-0.4, -0.2) is 24.1 Å². The zero-order valence-corrected chi connectivity index (χ0v) is 18.3. The summed E-state index contributed by atoms with van der Waals surface area (Å²) in [6.45, 7) is 5.22. The topological polar surface area (TPSA) is 37.3 Å². The van der Waals surface area contributed by atoms with Crippen molar-refractivity contribution in [2.24, 2.45) is 0 Å². The largest absolute Gasteiger partial charge is 0.374 e. The lowest BCUT2D eigenvalue weighted by molar-refractivity contribution is 0.102. The molecule has 0 fully saturated rings. The van der Waals surface area contributed by atoms with E-state index in [1.165, 1.54) is 28.8 Å². The molecule has 0 saturated carbocycles. The number of anilines is 2. The number of fused-ring (bicyclic) bond motifs is 2. The molecule has 0 radical (unpaired) electrons. The number of aromatic nitrogens is 1. The molecule has 4 heteroatoms. The lowest BCUT2D eigenvalue weighted by Gasteiger charge is -2.28. The predicted molar refractivity (Wildman–Crippen MR) is 129 cm³/mol. The quantitative estimate of drug-likeness (QED) is 0.459. The van der Waals surface area contributed by atoms with Crippen LogP contribution in [-0.2, 0) is 6.42 Å². The van der Waals surface area contributed by atoms with Gasteiger partial charge in [-0.3, -0.25) is 4.79 Å². The fourth-order valence-corrected chi connectivity index (χ4v) is 4.71. The fourth-order valence-electron chi connectivity index (χ4n) is 4.71. The Hall–Kier alpha value is -3.53. The molecule has 5 rings (SSSR count). The highest BCUT2D eigenvalue weighted by Crippen LogP contribution is 2.30. The van der Waals surface area contributed by atoms with Gasteiger partial charge in [0.15, 0.2) is 0 Å². The highest BCUT2D eigenvalue weighted by Gasteiger charge is 2.19. The lowest BCUT2D eigenvalue weighted by Crippen LogP contribution is -2.25. The molecule has 0 unspecified atom stereocenters. The zero-order chi connectivity index (χ0) is 21.5. The van der Waals surface area contributed by atoms with Gasteiger partial charge >= 0.3 is 0 Å². The molecule has 0 aliphatic carbocycles. The van der Waals surface area contributed by atoms with E-state index in [1.807, 2.05) is 24.3 Å². The Labute approximate surface area is 183 Å². The van der Waals surface area contributed by atoms with Crippen molar-refractivity contribution in [3.05, 3.63) is 89.1 Å². The average molecular weight is 410 g/mol. The molecular weight excluding hydrogens is 382 g/mol. The summed E-state index contributed by atoms with van der Waals surface area (Å²) in [5.41, 5.74) is 8.41. The van der Waals surface area contributed by atoms with E-state index in [2.05, 4.69) is 78.1 Å². The second kappa shape index (κ2) is 7.62. The summed E-state index contributed by atoms with van der Waals surface area (Å²) >= 11 is 0. The molecule has 156 valence electrons. The van der Waals surface area contributed by atoms with Gasteiger partial charge in [0.25, 0.3) is 5.91 Å². The van der Waals surface area contributed by atoms with Gasteiger partial charge < -0.3 is 14.8 Å². The van der Waals surface area contributed by atoms with Crippen LogP contribution in [0.3, 0.4) is 0 Å². The second-order valence-corrected chi connectivity index (χ2v) is 8.59. The summed E-state index contributed by atoms with van der Waals surface area (Å²) in [6, 6.07) is 22.8. The van der Waals surface area contributed by atoms with E-state index >= 15 is 0 Å². The third-order valence-electron chi connectivity index (χ3n) is 6.10. The summed E-state index contributed by atoms with van der Waals surface area (Å²) < 4.78 is 2.06. The Morgan fingerprint density at radius 2 is 1.71 bits per heavy atom. The standard InChI is InChI=1S/C27H27N3O/c1-18-13-19(2)15-23(14-18)30-24-9-5-4-7-21(24)16-26(30)27(31)28-22-11-10-20-8-6-12-29(3)25(20)17-22/h4-5,7,9-11,13-17H,6,8,12H2,1-3H3,(H,28,31). The Morgan fingerprint density at radius 1 is 0.935 bits per heavy atom. The number of hydrogen-bond acceptors (Lipinski definition) is 2. The molecule has 31 heavy (non-hydrogen) atoms. The number of nitrogens with one attached hydrogen (secondary N) is 1. The minimum absolute atomic E-state index is 0.103. The third-order valence-corrected chi connectivity index (χ3v) is 6.10. The van der Waals surface area contributed by atoms with Gasteiger partial charge in [0, 0.05) is 36.0 Å². The smallest absolute Gasteiger partial charge is 0.272 e. The van der Waals surface area contributed by atoms with Crippen LogP contribution in [0.1, 0.15) is 33.6 Å². The van der Waals surface area contributed by atoms with E-state index in [1.54, 1.807) is 0 Å². The molecule has 1 N–H and O–H groups in total. The summed E-state index contributed by atoms with van der Waals surface area (Å²) in [4.78, 5) is 15.7. The van der Waals surface area contributed by atoms with Gasteiger partial charge in [0.05, 0.1) is 5.52 Å². The van der Waals surface area contributed by atoms with Gasteiger partial charge in [-0.1, -0.05) is 30.3 Å². The van der Waals surface area contributed by atoms with E-state index in [0.29, 0.717) is 5.69 Å². The molecule has 1 aliphatic heterocycles. The Bertz CT molecular complexity index is 1280. The number of rotatable bonds is 3. The van der Waals surface area contributed by atoms with Gasteiger partial charge in [0.1, 0.15) is 5.69 Å².